The molecule has 1 aromatic rings. The maximum absolute atomic E-state index is 8.71. The van der Waals surface area contributed by atoms with Crippen molar-refractivity contribution in [3.8, 4) is 11.8 Å². The predicted octanol–water partition coefficient (Wildman–Crippen LogP) is 2.49. The van der Waals surface area contributed by atoms with Crippen LogP contribution in [0.15, 0.2) is 24.3 Å². The quantitative estimate of drug-likeness (QED) is 0.830. The van der Waals surface area contributed by atoms with Crippen LogP contribution in [0.1, 0.15) is 37.7 Å². The molecule has 2 rings (SSSR count). The van der Waals surface area contributed by atoms with Gasteiger partial charge in [-0.2, -0.15) is 0 Å². The molecule has 0 unspecified atom stereocenters. The first kappa shape index (κ1) is 14.1. The van der Waals surface area contributed by atoms with Crippen LogP contribution in [0.2, 0.25) is 0 Å². The van der Waals surface area contributed by atoms with Gasteiger partial charge in [0.25, 0.3) is 0 Å². The lowest BCUT2D eigenvalue weighted by atomic mass is 9.95. The van der Waals surface area contributed by atoms with Crippen molar-refractivity contribution in [2.24, 2.45) is 5.41 Å². The van der Waals surface area contributed by atoms with Gasteiger partial charge in [-0.15, -0.1) is 0 Å². The molecule has 1 heterocycles. The van der Waals surface area contributed by atoms with Crippen LogP contribution in [0.3, 0.4) is 0 Å². The molecular formula is C16H20O3. The van der Waals surface area contributed by atoms with Crippen molar-refractivity contribution in [1.29, 1.82) is 0 Å². The zero-order valence-corrected chi connectivity index (χ0v) is 11.5. The highest BCUT2D eigenvalue weighted by Crippen LogP contribution is 2.31. The lowest BCUT2D eigenvalue weighted by Crippen LogP contribution is -2.33. The molecule has 0 bridgehead atoms. The largest absolute Gasteiger partial charge is 0.395 e. The zero-order valence-electron chi connectivity index (χ0n) is 11.5. The standard InChI is InChI=1S/C16H20O3/c1-16(2)11-18-15(19-12-16)14-8-5-7-13(10-14)6-3-4-9-17/h5,7-8,10,15,17H,4,9,11-12H2,1-2H3. The first-order valence-corrected chi connectivity index (χ1v) is 6.54. The minimum Gasteiger partial charge on any atom is -0.395 e. The number of aliphatic hydroxyl groups is 1. The molecule has 0 radical (unpaired) electrons. The summed E-state index contributed by atoms with van der Waals surface area (Å²) in [6.45, 7) is 5.73. The molecule has 1 saturated heterocycles. The topological polar surface area (TPSA) is 38.7 Å². The van der Waals surface area contributed by atoms with E-state index in [9.17, 15) is 0 Å². The molecule has 0 aromatic heterocycles. The van der Waals surface area contributed by atoms with E-state index in [1.54, 1.807) is 0 Å². The Labute approximate surface area is 114 Å². The average molecular weight is 260 g/mol. The second-order valence-corrected chi connectivity index (χ2v) is 5.52. The Kier molecular flexibility index (Phi) is 4.60. The number of hydrogen-bond donors (Lipinski definition) is 1. The smallest absolute Gasteiger partial charge is 0.183 e. The van der Waals surface area contributed by atoms with Gasteiger partial charge in [-0.3, -0.25) is 0 Å². The molecular weight excluding hydrogens is 240 g/mol. The van der Waals surface area contributed by atoms with Crippen LogP contribution >= 0.6 is 0 Å². The van der Waals surface area contributed by atoms with E-state index in [1.165, 1.54) is 0 Å². The lowest BCUT2D eigenvalue weighted by molar-refractivity contribution is -0.226. The summed E-state index contributed by atoms with van der Waals surface area (Å²) in [5.41, 5.74) is 1.99. The number of rotatable bonds is 2. The summed E-state index contributed by atoms with van der Waals surface area (Å²) in [6, 6.07) is 7.86. The molecule has 0 aliphatic carbocycles. The average Bonchev–Trinajstić information content (AvgIpc) is 2.39. The van der Waals surface area contributed by atoms with Crippen molar-refractivity contribution in [3.63, 3.8) is 0 Å². The van der Waals surface area contributed by atoms with E-state index in [0.717, 1.165) is 11.1 Å². The van der Waals surface area contributed by atoms with Gasteiger partial charge in [0.1, 0.15) is 0 Å². The SMILES string of the molecule is CC1(C)COC(c2cccc(C#CCCO)c2)OC1. The monoisotopic (exact) mass is 260 g/mol. The summed E-state index contributed by atoms with van der Waals surface area (Å²) in [4.78, 5) is 0. The summed E-state index contributed by atoms with van der Waals surface area (Å²) in [7, 11) is 0. The molecule has 3 nitrogen and oxygen atoms in total. The van der Waals surface area contributed by atoms with Crippen LogP contribution in [0.25, 0.3) is 0 Å². The highest BCUT2D eigenvalue weighted by molar-refractivity contribution is 5.37. The first-order valence-electron chi connectivity index (χ1n) is 6.54. The number of aliphatic hydroxyl groups excluding tert-OH is 1. The van der Waals surface area contributed by atoms with Gasteiger partial charge in [-0.25, -0.2) is 0 Å². The molecule has 3 heteroatoms. The molecule has 1 fully saturated rings. The van der Waals surface area contributed by atoms with Gasteiger partial charge >= 0.3 is 0 Å². The van der Waals surface area contributed by atoms with E-state index < -0.39 is 0 Å². The summed E-state index contributed by atoms with van der Waals surface area (Å²) >= 11 is 0. The third kappa shape index (κ3) is 4.07. The molecule has 0 saturated carbocycles. The van der Waals surface area contributed by atoms with E-state index in [4.69, 9.17) is 14.6 Å². The maximum Gasteiger partial charge on any atom is 0.183 e. The van der Waals surface area contributed by atoms with Crippen molar-refractivity contribution < 1.29 is 14.6 Å². The lowest BCUT2D eigenvalue weighted by Gasteiger charge is -2.34. The van der Waals surface area contributed by atoms with Gasteiger partial charge in [-0.05, 0) is 12.1 Å². The van der Waals surface area contributed by atoms with E-state index in [0.29, 0.717) is 19.6 Å². The second kappa shape index (κ2) is 6.21. The van der Waals surface area contributed by atoms with Gasteiger partial charge in [0, 0.05) is 23.0 Å². The maximum atomic E-state index is 8.71. The Balaban J connectivity index is 2.06. The van der Waals surface area contributed by atoms with Gasteiger partial charge in [0.05, 0.1) is 19.8 Å². The first-order chi connectivity index (χ1) is 9.11. The molecule has 0 atom stereocenters. The minimum atomic E-state index is -0.299. The van der Waals surface area contributed by atoms with Crippen LogP contribution in [0, 0.1) is 17.3 Å². The van der Waals surface area contributed by atoms with Crippen LogP contribution in [0.4, 0.5) is 0 Å². The fraction of sp³-hybridized carbons (Fsp3) is 0.500. The minimum absolute atomic E-state index is 0.0784. The molecule has 1 aromatic carbocycles. The Bertz CT molecular complexity index is 472. The van der Waals surface area contributed by atoms with Crippen molar-refractivity contribution >= 4 is 0 Å². The fourth-order valence-electron chi connectivity index (χ4n) is 1.87. The highest BCUT2D eigenvalue weighted by atomic mass is 16.7. The van der Waals surface area contributed by atoms with Crippen molar-refractivity contribution in [1.82, 2.24) is 0 Å². The third-order valence-electron chi connectivity index (χ3n) is 2.88. The normalized spacial score (nSPS) is 18.7. The van der Waals surface area contributed by atoms with E-state index >= 15 is 0 Å². The van der Waals surface area contributed by atoms with Crippen LogP contribution in [0.5, 0.6) is 0 Å². The number of ether oxygens (including phenoxy) is 2. The Morgan fingerprint density at radius 1 is 1.32 bits per heavy atom. The van der Waals surface area contributed by atoms with Crippen LogP contribution in [-0.4, -0.2) is 24.9 Å². The Morgan fingerprint density at radius 3 is 2.74 bits per heavy atom. The van der Waals surface area contributed by atoms with E-state index in [-0.39, 0.29) is 18.3 Å². The summed E-state index contributed by atoms with van der Waals surface area (Å²) in [6.07, 6.45) is 0.196. The van der Waals surface area contributed by atoms with Gasteiger partial charge in [0.2, 0.25) is 0 Å². The molecule has 19 heavy (non-hydrogen) atoms. The van der Waals surface area contributed by atoms with Gasteiger partial charge < -0.3 is 14.6 Å². The Morgan fingerprint density at radius 2 is 2.05 bits per heavy atom. The van der Waals surface area contributed by atoms with Crippen molar-refractivity contribution in [3.05, 3.63) is 35.4 Å². The van der Waals surface area contributed by atoms with Crippen molar-refractivity contribution in [2.45, 2.75) is 26.6 Å². The van der Waals surface area contributed by atoms with Gasteiger partial charge in [0.15, 0.2) is 6.29 Å². The number of benzene rings is 1. The molecule has 0 amide bonds. The highest BCUT2D eigenvalue weighted by Gasteiger charge is 2.29. The summed E-state index contributed by atoms with van der Waals surface area (Å²) in [5, 5.41) is 8.71. The molecule has 102 valence electrons. The fourth-order valence-corrected chi connectivity index (χ4v) is 1.87. The predicted molar refractivity (Wildman–Crippen MR) is 73.4 cm³/mol. The van der Waals surface area contributed by atoms with E-state index in [1.807, 2.05) is 24.3 Å². The summed E-state index contributed by atoms with van der Waals surface area (Å²) < 4.78 is 11.5. The number of hydrogen-bond acceptors (Lipinski definition) is 3. The van der Waals surface area contributed by atoms with Crippen LogP contribution in [-0.2, 0) is 9.47 Å². The molecule has 1 N–H and O–H groups in total. The van der Waals surface area contributed by atoms with Crippen molar-refractivity contribution in [2.75, 3.05) is 19.8 Å². The Hall–Kier alpha value is -1.34. The second-order valence-electron chi connectivity index (χ2n) is 5.52. The molecule has 0 spiro atoms. The van der Waals surface area contributed by atoms with Gasteiger partial charge in [-0.1, -0.05) is 37.8 Å². The van der Waals surface area contributed by atoms with Crippen LogP contribution < -0.4 is 0 Å². The summed E-state index contributed by atoms with van der Waals surface area (Å²) in [5.74, 6) is 5.93. The zero-order chi connectivity index (χ0) is 13.7. The molecule has 1 aliphatic rings. The molecule has 1 aliphatic heterocycles. The third-order valence-corrected chi connectivity index (χ3v) is 2.88. The van der Waals surface area contributed by atoms with E-state index in [2.05, 4.69) is 25.7 Å².